The van der Waals surface area contributed by atoms with Crippen LogP contribution in [0.15, 0.2) is 52.9 Å². The summed E-state index contributed by atoms with van der Waals surface area (Å²) in [4.78, 5) is 12.2. The third-order valence-electron chi connectivity index (χ3n) is 3.27. The first kappa shape index (κ1) is 18.3. The predicted octanol–water partition coefficient (Wildman–Crippen LogP) is 4.68. The second kappa shape index (κ2) is 8.24. The molecule has 0 unspecified atom stereocenters. The van der Waals surface area contributed by atoms with Crippen LogP contribution in [0.3, 0.4) is 0 Å². The van der Waals surface area contributed by atoms with Gasteiger partial charge in [-0.3, -0.25) is 4.79 Å². The Morgan fingerprint density at radius 2 is 1.92 bits per heavy atom. The number of aromatic nitrogens is 2. The number of nitrogens with zero attached hydrogens (tertiary/aromatic N) is 2. The third-order valence-corrected chi connectivity index (χ3v) is 5.29. The molecule has 0 saturated carbocycles. The van der Waals surface area contributed by atoms with Crippen molar-refractivity contribution in [2.24, 2.45) is 0 Å². The summed E-state index contributed by atoms with van der Waals surface area (Å²) in [6.07, 6.45) is 0. The van der Waals surface area contributed by atoms with Crippen LogP contribution in [0.5, 0.6) is 0 Å². The second-order valence-corrected chi connectivity index (χ2v) is 7.80. The number of nitrogens with one attached hydrogen (secondary N) is 2. The van der Waals surface area contributed by atoms with Crippen LogP contribution in [0, 0.1) is 11.6 Å². The van der Waals surface area contributed by atoms with Gasteiger partial charge in [0.25, 0.3) is 0 Å². The third kappa shape index (κ3) is 4.77. The zero-order valence-corrected chi connectivity index (χ0v) is 15.2. The number of hydrogen-bond donors (Lipinski definition) is 2. The smallest absolute Gasteiger partial charge is 0.237 e. The van der Waals surface area contributed by atoms with Crippen LogP contribution in [-0.4, -0.2) is 21.4 Å². The molecule has 2 N–H and O–H groups in total. The summed E-state index contributed by atoms with van der Waals surface area (Å²) < 4.78 is 27.1. The first-order chi connectivity index (χ1) is 12.5. The van der Waals surface area contributed by atoms with E-state index in [1.807, 2.05) is 30.3 Å². The number of halogens is 2. The van der Waals surface area contributed by atoms with Crippen LogP contribution >= 0.6 is 23.1 Å². The van der Waals surface area contributed by atoms with E-state index < -0.39 is 22.8 Å². The lowest BCUT2D eigenvalue weighted by Gasteiger charge is -2.10. The van der Waals surface area contributed by atoms with Gasteiger partial charge in [0, 0.05) is 11.8 Å². The van der Waals surface area contributed by atoms with Gasteiger partial charge in [-0.1, -0.05) is 41.3 Å². The lowest BCUT2D eigenvalue weighted by molar-refractivity contribution is -0.115. The van der Waals surface area contributed by atoms with Gasteiger partial charge in [0.1, 0.15) is 11.6 Å². The summed E-state index contributed by atoms with van der Waals surface area (Å²) in [5.74, 6) is -1.93. The van der Waals surface area contributed by atoms with E-state index in [1.165, 1.54) is 29.2 Å². The topological polar surface area (TPSA) is 66.9 Å². The Morgan fingerprint density at radius 1 is 1.15 bits per heavy atom. The van der Waals surface area contributed by atoms with E-state index in [2.05, 4.69) is 20.8 Å². The fourth-order valence-corrected chi connectivity index (χ4v) is 3.90. The van der Waals surface area contributed by atoms with Gasteiger partial charge in [-0.05, 0) is 31.2 Å². The van der Waals surface area contributed by atoms with Gasteiger partial charge in [0.15, 0.2) is 4.34 Å². The molecule has 0 aliphatic heterocycles. The summed E-state index contributed by atoms with van der Waals surface area (Å²) in [6.45, 7) is 1.67. The summed E-state index contributed by atoms with van der Waals surface area (Å²) in [5, 5.41) is 13.7. The van der Waals surface area contributed by atoms with Crippen molar-refractivity contribution in [3.8, 4) is 0 Å². The van der Waals surface area contributed by atoms with Crippen LogP contribution in [0.4, 0.5) is 25.3 Å². The highest BCUT2D eigenvalue weighted by Gasteiger charge is 2.18. The molecule has 134 valence electrons. The number of carbonyl (C=O) groups excluding carboxylic acids is 1. The number of amides is 1. The van der Waals surface area contributed by atoms with E-state index in [9.17, 15) is 13.6 Å². The van der Waals surface area contributed by atoms with E-state index in [0.29, 0.717) is 9.47 Å². The fraction of sp³-hybridized carbons (Fsp3) is 0.118. The molecule has 0 bridgehead atoms. The van der Waals surface area contributed by atoms with Crippen LogP contribution < -0.4 is 10.6 Å². The monoisotopic (exact) mass is 392 g/mol. The number of benzene rings is 2. The first-order valence-corrected chi connectivity index (χ1v) is 9.29. The van der Waals surface area contributed by atoms with Crippen LogP contribution in [0.2, 0.25) is 0 Å². The molecule has 2 aromatic carbocycles. The van der Waals surface area contributed by atoms with E-state index in [-0.39, 0.29) is 5.69 Å². The number of carbonyl (C=O) groups is 1. The molecule has 9 heteroatoms. The van der Waals surface area contributed by atoms with Crippen molar-refractivity contribution in [1.29, 1.82) is 0 Å². The average molecular weight is 392 g/mol. The number of para-hydroxylation sites is 1. The van der Waals surface area contributed by atoms with Crippen molar-refractivity contribution >= 4 is 45.5 Å². The Hall–Kier alpha value is -2.52. The highest BCUT2D eigenvalue weighted by molar-refractivity contribution is 8.02. The molecule has 0 radical (unpaired) electrons. The molecule has 0 aliphatic rings. The van der Waals surface area contributed by atoms with Gasteiger partial charge in [-0.2, -0.15) is 0 Å². The molecule has 5 nitrogen and oxygen atoms in total. The van der Waals surface area contributed by atoms with Gasteiger partial charge in [0.2, 0.25) is 11.0 Å². The summed E-state index contributed by atoms with van der Waals surface area (Å²) in [6, 6.07) is 12.5. The fourth-order valence-electron chi connectivity index (χ4n) is 1.98. The minimum atomic E-state index is -0.819. The van der Waals surface area contributed by atoms with Crippen molar-refractivity contribution in [3.63, 3.8) is 0 Å². The molecule has 1 heterocycles. The molecule has 0 spiro atoms. The van der Waals surface area contributed by atoms with Crippen molar-refractivity contribution in [2.45, 2.75) is 16.5 Å². The molecule has 0 saturated heterocycles. The molecule has 1 atom stereocenters. The van der Waals surface area contributed by atoms with E-state index in [4.69, 9.17) is 0 Å². The number of thioether (sulfide) groups is 1. The van der Waals surface area contributed by atoms with E-state index in [0.717, 1.165) is 17.8 Å². The number of rotatable bonds is 6. The quantitative estimate of drug-likeness (QED) is 0.596. The second-order valence-electron chi connectivity index (χ2n) is 5.24. The maximum atomic E-state index is 13.6. The highest BCUT2D eigenvalue weighted by atomic mass is 32.2. The Bertz CT molecular complexity index is 905. The Balaban J connectivity index is 1.59. The molecule has 1 amide bonds. The zero-order valence-electron chi connectivity index (χ0n) is 13.6. The van der Waals surface area contributed by atoms with Crippen molar-refractivity contribution in [1.82, 2.24) is 10.2 Å². The normalized spacial score (nSPS) is 11.8. The van der Waals surface area contributed by atoms with Crippen molar-refractivity contribution in [2.75, 3.05) is 10.6 Å². The van der Waals surface area contributed by atoms with Crippen molar-refractivity contribution < 1.29 is 13.6 Å². The van der Waals surface area contributed by atoms with Gasteiger partial charge in [0.05, 0.1) is 10.9 Å². The van der Waals surface area contributed by atoms with Crippen molar-refractivity contribution in [3.05, 3.63) is 60.2 Å². The van der Waals surface area contributed by atoms with Crippen LogP contribution in [0.25, 0.3) is 0 Å². The Labute approximate surface area is 156 Å². The number of hydrogen-bond acceptors (Lipinski definition) is 6. The highest BCUT2D eigenvalue weighted by Crippen LogP contribution is 2.31. The molecule has 0 aliphatic carbocycles. The molecule has 3 aromatic rings. The SMILES string of the molecule is C[C@H](Sc1nnc(Nc2ccccc2)s1)C(=O)Nc1ccc(F)cc1F. The van der Waals surface area contributed by atoms with Gasteiger partial charge in [-0.25, -0.2) is 8.78 Å². The minimum Gasteiger partial charge on any atom is -0.330 e. The van der Waals surface area contributed by atoms with Crippen LogP contribution in [-0.2, 0) is 4.79 Å². The van der Waals surface area contributed by atoms with Crippen LogP contribution in [0.1, 0.15) is 6.92 Å². The molecule has 26 heavy (non-hydrogen) atoms. The van der Waals surface area contributed by atoms with Gasteiger partial charge in [-0.15, -0.1) is 10.2 Å². The first-order valence-electron chi connectivity index (χ1n) is 7.59. The largest absolute Gasteiger partial charge is 0.330 e. The average Bonchev–Trinajstić information content (AvgIpc) is 3.05. The van der Waals surface area contributed by atoms with Gasteiger partial charge < -0.3 is 10.6 Å². The Kier molecular flexibility index (Phi) is 5.79. The Morgan fingerprint density at radius 3 is 2.65 bits per heavy atom. The van der Waals surface area contributed by atoms with Gasteiger partial charge >= 0.3 is 0 Å². The summed E-state index contributed by atoms with van der Waals surface area (Å²) >= 11 is 2.52. The maximum Gasteiger partial charge on any atom is 0.237 e. The molecular weight excluding hydrogens is 378 g/mol. The minimum absolute atomic E-state index is 0.0625. The summed E-state index contributed by atoms with van der Waals surface area (Å²) in [7, 11) is 0. The molecule has 3 rings (SSSR count). The predicted molar refractivity (Wildman–Crippen MR) is 99.9 cm³/mol. The summed E-state index contributed by atoms with van der Waals surface area (Å²) in [5.41, 5.74) is 0.824. The number of anilines is 3. The lowest BCUT2D eigenvalue weighted by Crippen LogP contribution is -2.22. The molecular formula is C17H14F2N4OS2. The standard InChI is InChI=1S/C17H14F2N4OS2/c1-10(15(24)21-14-8-7-11(18)9-13(14)19)25-17-23-22-16(26-17)20-12-5-3-2-4-6-12/h2-10H,1H3,(H,20,22)(H,21,24)/t10-/m0/s1. The zero-order chi connectivity index (χ0) is 18.5. The maximum absolute atomic E-state index is 13.6. The molecule has 0 fully saturated rings. The molecule has 1 aromatic heterocycles. The van der Waals surface area contributed by atoms with E-state index in [1.54, 1.807) is 6.92 Å². The van der Waals surface area contributed by atoms with E-state index >= 15 is 0 Å². The lowest BCUT2D eigenvalue weighted by atomic mass is 10.3.